The van der Waals surface area contributed by atoms with Gasteiger partial charge in [-0.05, 0) is 56.9 Å². The summed E-state index contributed by atoms with van der Waals surface area (Å²) in [7, 11) is 0. The summed E-state index contributed by atoms with van der Waals surface area (Å²) in [6, 6.07) is 9.09. The predicted molar refractivity (Wildman–Crippen MR) is 133 cm³/mol. The van der Waals surface area contributed by atoms with Crippen molar-refractivity contribution in [2.45, 2.75) is 44.5 Å². The fourth-order valence-corrected chi connectivity index (χ4v) is 4.15. The van der Waals surface area contributed by atoms with E-state index in [9.17, 15) is 19.1 Å². The number of amides is 2. The van der Waals surface area contributed by atoms with Crippen LogP contribution in [0.4, 0.5) is 14.9 Å². The first-order valence-electron chi connectivity index (χ1n) is 11.8. The minimum atomic E-state index is -1.66. The number of aliphatic hydroxyl groups is 1. The van der Waals surface area contributed by atoms with Crippen molar-refractivity contribution in [1.29, 1.82) is 5.26 Å². The standard InChI is InChI=1S/C25H28FN7O4/c1-25(2,37)22(26)13-29-23(34)18-12-28-20(21-4-3-17-7-15(9-27)11-31-33(17)21)8-19(18)32-16-5-14(6-16)10-30-24(35)36/h3-4,7-8,11-12,14,16,22,30,37H,5-6,10,13H2,1-2H3,(H,28,32)(H,29,34)(H,35,36). The molecule has 37 heavy (non-hydrogen) atoms. The van der Waals surface area contributed by atoms with Crippen LogP contribution in [0.3, 0.4) is 0 Å². The number of aromatic nitrogens is 3. The number of rotatable bonds is 9. The lowest BCUT2D eigenvalue weighted by Crippen LogP contribution is -2.43. The molecule has 4 rings (SSSR count). The third-order valence-corrected chi connectivity index (χ3v) is 6.39. The molecule has 0 bridgehead atoms. The van der Waals surface area contributed by atoms with Crippen LogP contribution in [0.1, 0.15) is 42.6 Å². The zero-order chi connectivity index (χ0) is 26.7. The molecule has 0 saturated heterocycles. The highest BCUT2D eigenvalue weighted by Crippen LogP contribution is 2.32. The molecule has 1 saturated carbocycles. The van der Waals surface area contributed by atoms with Crippen LogP contribution in [0.5, 0.6) is 0 Å². The number of pyridine rings is 1. The highest BCUT2D eigenvalue weighted by molar-refractivity contribution is 6.00. The van der Waals surface area contributed by atoms with Gasteiger partial charge in [-0.3, -0.25) is 9.78 Å². The lowest BCUT2D eigenvalue weighted by Gasteiger charge is -2.36. The quantitative estimate of drug-likeness (QED) is 0.294. The van der Waals surface area contributed by atoms with Crippen LogP contribution in [0.2, 0.25) is 0 Å². The SMILES string of the molecule is CC(C)(O)C(F)CNC(=O)c1cnc(-c2ccc3cc(C#N)cnn23)cc1NC1CC(CNC(=O)O)C1. The van der Waals surface area contributed by atoms with Gasteiger partial charge >= 0.3 is 6.09 Å². The van der Waals surface area contributed by atoms with Crippen LogP contribution in [0.25, 0.3) is 16.9 Å². The molecule has 0 aromatic carbocycles. The minimum Gasteiger partial charge on any atom is -0.465 e. The summed E-state index contributed by atoms with van der Waals surface area (Å²) in [5, 5.41) is 40.3. The molecule has 3 heterocycles. The number of carbonyl (C=O) groups excluding carboxylic acids is 1. The maximum absolute atomic E-state index is 14.2. The molecule has 3 aromatic rings. The van der Waals surface area contributed by atoms with Crippen molar-refractivity contribution in [3.63, 3.8) is 0 Å². The molecule has 12 heteroatoms. The second kappa shape index (κ2) is 10.4. The van der Waals surface area contributed by atoms with Gasteiger partial charge in [0.05, 0.1) is 52.1 Å². The van der Waals surface area contributed by atoms with Gasteiger partial charge < -0.3 is 26.2 Å². The minimum absolute atomic E-state index is 0.00747. The number of carboxylic acid groups (broad SMARTS) is 1. The second-order valence-corrected chi connectivity index (χ2v) is 9.72. The lowest BCUT2D eigenvalue weighted by molar-refractivity contribution is -0.00177. The van der Waals surface area contributed by atoms with Gasteiger partial charge in [-0.15, -0.1) is 0 Å². The normalized spacial score (nSPS) is 17.9. The molecule has 0 radical (unpaired) electrons. The van der Waals surface area contributed by atoms with Gasteiger partial charge in [-0.1, -0.05) is 0 Å². The Kier molecular flexibility index (Phi) is 7.26. The largest absolute Gasteiger partial charge is 0.465 e. The van der Waals surface area contributed by atoms with E-state index < -0.39 is 23.8 Å². The Bertz CT molecular complexity index is 1360. The fourth-order valence-electron chi connectivity index (χ4n) is 4.15. The first kappa shape index (κ1) is 25.8. The number of nitrogens with zero attached hydrogens (tertiary/aromatic N) is 4. The van der Waals surface area contributed by atoms with E-state index >= 15 is 0 Å². The monoisotopic (exact) mass is 509 g/mol. The van der Waals surface area contributed by atoms with Crippen molar-refractivity contribution in [1.82, 2.24) is 25.2 Å². The van der Waals surface area contributed by atoms with Gasteiger partial charge in [-0.25, -0.2) is 13.7 Å². The first-order valence-corrected chi connectivity index (χ1v) is 11.8. The second-order valence-electron chi connectivity index (χ2n) is 9.72. The molecular weight excluding hydrogens is 481 g/mol. The van der Waals surface area contributed by atoms with Gasteiger partial charge in [0, 0.05) is 18.8 Å². The van der Waals surface area contributed by atoms with Gasteiger partial charge in [0.25, 0.3) is 5.91 Å². The van der Waals surface area contributed by atoms with E-state index in [4.69, 9.17) is 10.4 Å². The summed E-state index contributed by atoms with van der Waals surface area (Å²) in [5.74, 6) is -0.368. The molecule has 0 spiro atoms. The average Bonchev–Trinajstić information content (AvgIpc) is 3.25. The van der Waals surface area contributed by atoms with Crippen molar-refractivity contribution in [3.05, 3.63) is 47.8 Å². The summed E-state index contributed by atoms with van der Waals surface area (Å²) in [4.78, 5) is 28.1. The molecule has 1 atom stereocenters. The number of halogens is 1. The molecular formula is C25H28FN7O4. The summed E-state index contributed by atoms with van der Waals surface area (Å²) in [5.41, 5.74) is 1.40. The van der Waals surface area contributed by atoms with E-state index in [2.05, 4.69) is 32.1 Å². The molecule has 0 aliphatic heterocycles. The Morgan fingerprint density at radius 1 is 1.27 bits per heavy atom. The van der Waals surface area contributed by atoms with Gasteiger partial charge in [0.2, 0.25) is 0 Å². The number of nitriles is 1. The van der Waals surface area contributed by atoms with Crippen molar-refractivity contribution >= 4 is 23.2 Å². The smallest absolute Gasteiger partial charge is 0.404 e. The zero-order valence-corrected chi connectivity index (χ0v) is 20.4. The molecule has 11 nitrogen and oxygen atoms in total. The number of carbonyl (C=O) groups is 2. The van der Waals surface area contributed by atoms with Crippen LogP contribution in [0.15, 0.2) is 36.7 Å². The average molecular weight is 510 g/mol. The molecule has 1 fully saturated rings. The van der Waals surface area contributed by atoms with Gasteiger partial charge in [-0.2, -0.15) is 10.4 Å². The van der Waals surface area contributed by atoms with Crippen LogP contribution in [-0.2, 0) is 0 Å². The number of nitrogens with one attached hydrogen (secondary N) is 3. The van der Waals surface area contributed by atoms with E-state index in [1.54, 1.807) is 16.6 Å². The number of hydrogen-bond donors (Lipinski definition) is 5. The fraction of sp³-hybridized carbons (Fsp3) is 0.400. The van der Waals surface area contributed by atoms with Crippen molar-refractivity contribution < 1.29 is 24.2 Å². The number of anilines is 1. The van der Waals surface area contributed by atoms with Crippen LogP contribution < -0.4 is 16.0 Å². The predicted octanol–water partition coefficient (Wildman–Crippen LogP) is 2.56. The van der Waals surface area contributed by atoms with E-state index in [0.29, 0.717) is 47.5 Å². The topological polar surface area (TPSA) is 165 Å². The van der Waals surface area contributed by atoms with Crippen molar-refractivity contribution in [2.24, 2.45) is 5.92 Å². The molecule has 3 aromatic heterocycles. The third-order valence-electron chi connectivity index (χ3n) is 6.39. The van der Waals surface area contributed by atoms with E-state index in [0.717, 1.165) is 0 Å². The summed E-state index contributed by atoms with van der Waals surface area (Å²) >= 11 is 0. The van der Waals surface area contributed by atoms with Crippen molar-refractivity contribution in [3.8, 4) is 17.5 Å². The Hall–Kier alpha value is -4.24. The lowest BCUT2D eigenvalue weighted by atomic mass is 9.80. The maximum Gasteiger partial charge on any atom is 0.404 e. The molecule has 194 valence electrons. The third kappa shape index (κ3) is 5.95. The maximum atomic E-state index is 14.2. The highest BCUT2D eigenvalue weighted by Gasteiger charge is 2.31. The van der Waals surface area contributed by atoms with Crippen LogP contribution in [0, 0.1) is 17.2 Å². The van der Waals surface area contributed by atoms with Gasteiger partial charge in [0.15, 0.2) is 0 Å². The molecule has 1 aliphatic carbocycles. The molecule has 1 unspecified atom stereocenters. The van der Waals surface area contributed by atoms with E-state index in [1.807, 2.05) is 12.1 Å². The Morgan fingerprint density at radius 2 is 2.03 bits per heavy atom. The van der Waals surface area contributed by atoms with Crippen LogP contribution >= 0.6 is 0 Å². The Labute approximate surface area is 212 Å². The number of alkyl halides is 1. The number of fused-ring (bicyclic) bond motifs is 1. The summed E-state index contributed by atoms with van der Waals surface area (Å²) in [6.07, 6.45) is 1.53. The Morgan fingerprint density at radius 3 is 2.70 bits per heavy atom. The molecule has 1 aliphatic rings. The Balaban J connectivity index is 1.58. The van der Waals surface area contributed by atoms with E-state index in [-0.39, 0.29) is 24.1 Å². The van der Waals surface area contributed by atoms with Gasteiger partial charge in [0.1, 0.15) is 12.2 Å². The first-order chi connectivity index (χ1) is 17.5. The van der Waals surface area contributed by atoms with Crippen LogP contribution in [-0.4, -0.2) is 67.7 Å². The zero-order valence-electron chi connectivity index (χ0n) is 20.4. The van der Waals surface area contributed by atoms with Crippen molar-refractivity contribution in [2.75, 3.05) is 18.4 Å². The summed E-state index contributed by atoms with van der Waals surface area (Å²) < 4.78 is 15.9. The summed E-state index contributed by atoms with van der Waals surface area (Å²) in [6.45, 7) is 2.64. The van der Waals surface area contributed by atoms with E-state index in [1.165, 1.54) is 26.2 Å². The molecule has 2 amide bonds. The number of hydrogen-bond acceptors (Lipinski definition) is 7. The highest BCUT2D eigenvalue weighted by atomic mass is 19.1. The molecule has 5 N–H and O–H groups in total.